The van der Waals surface area contributed by atoms with Gasteiger partial charge in [-0.25, -0.2) is 4.98 Å². The van der Waals surface area contributed by atoms with Gasteiger partial charge in [-0.15, -0.1) is 0 Å². The molecule has 2 N–H and O–H groups in total. The van der Waals surface area contributed by atoms with Gasteiger partial charge in [0.15, 0.2) is 5.69 Å². The lowest BCUT2D eigenvalue weighted by Gasteiger charge is -2.13. The van der Waals surface area contributed by atoms with Gasteiger partial charge < -0.3 is 10.6 Å². The number of rotatable bonds is 4. The minimum absolute atomic E-state index is 0.000426. The van der Waals surface area contributed by atoms with Crippen molar-refractivity contribution in [3.8, 4) is 0 Å². The summed E-state index contributed by atoms with van der Waals surface area (Å²) in [7, 11) is 0. The second-order valence-corrected chi connectivity index (χ2v) is 3.79. The van der Waals surface area contributed by atoms with Crippen LogP contribution in [0.4, 0.5) is 24.9 Å². The van der Waals surface area contributed by atoms with E-state index in [2.05, 4.69) is 20.6 Å². The first-order valence-corrected chi connectivity index (χ1v) is 5.29. The summed E-state index contributed by atoms with van der Waals surface area (Å²) < 4.78 is 37.7. The molecule has 0 atom stereocenters. The standard InChI is InChI=1S/C10H15F3N4/c1-4-14-9-16-7(10(11,12)13)5-8(17-9)15-6(2)3/h5-6H,4H2,1-3H3,(H2,14,15,16,17). The predicted molar refractivity (Wildman–Crippen MR) is 60.0 cm³/mol. The molecular formula is C10H15F3N4. The normalized spacial score (nSPS) is 11.7. The summed E-state index contributed by atoms with van der Waals surface area (Å²) in [5, 5.41) is 5.50. The molecule has 1 rings (SSSR count). The summed E-state index contributed by atoms with van der Waals surface area (Å²) >= 11 is 0. The molecule has 0 aliphatic heterocycles. The highest BCUT2D eigenvalue weighted by Gasteiger charge is 2.33. The lowest BCUT2D eigenvalue weighted by Crippen LogP contribution is -2.16. The molecule has 1 heterocycles. The van der Waals surface area contributed by atoms with E-state index in [0.717, 1.165) is 6.07 Å². The van der Waals surface area contributed by atoms with Crippen molar-refractivity contribution >= 4 is 11.8 Å². The van der Waals surface area contributed by atoms with Gasteiger partial charge in [-0.05, 0) is 20.8 Å². The van der Waals surface area contributed by atoms with Gasteiger partial charge in [0.25, 0.3) is 0 Å². The van der Waals surface area contributed by atoms with Gasteiger partial charge in [-0.1, -0.05) is 0 Å². The van der Waals surface area contributed by atoms with Crippen molar-refractivity contribution in [3.63, 3.8) is 0 Å². The van der Waals surface area contributed by atoms with Crippen LogP contribution in [0.25, 0.3) is 0 Å². The van der Waals surface area contributed by atoms with Gasteiger partial charge in [0.2, 0.25) is 5.95 Å². The topological polar surface area (TPSA) is 49.8 Å². The fourth-order valence-electron chi connectivity index (χ4n) is 1.20. The van der Waals surface area contributed by atoms with Crippen LogP contribution in [-0.2, 0) is 6.18 Å². The van der Waals surface area contributed by atoms with E-state index in [0.29, 0.717) is 6.54 Å². The number of anilines is 2. The highest BCUT2D eigenvalue weighted by molar-refractivity contribution is 5.43. The minimum Gasteiger partial charge on any atom is -0.368 e. The van der Waals surface area contributed by atoms with Crippen LogP contribution >= 0.6 is 0 Å². The Morgan fingerprint density at radius 3 is 2.41 bits per heavy atom. The molecule has 0 aliphatic carbocycles. The first-order chi connectivity index (χ1) is 7.82. The molecule has 7 heteroatoms. The highest BCUT2D eigenvalue weighted by atomic mass is 19.4. The fraction of sp³-hybridized carbons (Fsp3) is 0.600. The molecule has 0 bridgehead atoms. The molecule has 0 unspecified atom stereocenters. The molecule has 0 spiro atoms. The molecule has 0 saturated carbocycles. The number of aromatic nitrogens is 2. The number of nitrogens with zero attached hydrogens (tertiary/aromatic N) is 2. The van der Waals surface area contributed by atoms with Crippen LogP contribution in [-0.4, -0.2) is 22.6 Å². The molecule has 0 amide bonds. The largest absolute Gasteiger partial charge is 0.433 e. The van der Waals surface area contributed by atoms with Crippen molar-refractivity contribution in [2.45, 2.75) is 33.0 Å². The number of alkyl halides is 3. The maximum atomic E-state index is 12.6. The number of nitrogens with one attached hydrogen (secondary N) is 2. The molecule has 0 radical (unpaired) electrons. The smallest absolute Gasteiger partial charge is 0.368 e. The van der Waals surface area contributed by atoms with Crippen molar-refractivity contribution in [2.75, 3.05) is 17.2 Å². The zero-order valence-corrected chi connectivity index (χ0v) is 9.89. The van der Waals surface area contributed by atoms with E-state index in [9.17, 15) is 13.2 Å². The molecule has 96 valence electrons. The Labute approximate surface area is 97.7 Å². The van der Waals surface area contributed by atoms with Crippen LogP contribution in [0.1, 0.15) is 26.5 Å². The predicted octanol–water partition coefficient (Wildman–Crippen LogP) is 2.75. The van der Waals surface area contributed by atoms with Crippen molar-refractivity contribution in [1.82, 2.24) is 9.97 Å². The second-order valence-electron chi connectivity index (χ2n) is 3.79. The summed E-state index contributed by atoms with van der Waals surface area (Å²) in [4.78, 5) is 7.36. The van der Waals surface area contributed by atoms with E-state index in [1.165, 1.54) is 0 Å². The third-order valence-electron chi connectivity index (χ3n) is 1.79. The average Bonchev–Trinajstić information content (AvgIpc) is 2.15. The Kier molecular flexibility index (Phi) is 4.14. The summed E-state index contributed by atoms with van der Waals surface area (Å²) in [5.41, 5.74) is -0.952. The van der Waals surface area contributed by atoms with E-state index in [1.807, 2.05) is 13.8 Å². The molecule has 0 fully saturated rings. The van der Waals surface area contributed by atoms with Crippen molar-refractivity contribution < 1.29 is 13.2 Å². The van der Waals surface area contributed by atoms with Crippen molar-refractivity contribution in [1.29, 1.82) is 0 Å². The lowest BCUT2D eigenvalue weighted by molar-refractivity contribution is -0.141. The molecule has 4 nitrogen and oxygen atoms in total. The zero-order chi connectivity index (χ0) is 13.1. The number of hydrogen-bond acceptors (Lipinski definition) is 4. The minimum atomic E-state index is -4.47. The van der Waals surface area contributed by atoms with E-state index in [1.54, 1.807) is 6.92 Å². The van der Waals surface area contributed by atoms with Gasteiger partial charge in [0.05, 0.1) is 0 Å². The summed E-state index contributed by atoms with van der Waals surface area (Å²) in [6.07, 6.45) is -4.47. The van der Waals surface area contributed by atoms with Crippen molar-refractivity contribution in [2.24, 2.45) is 0 Å². The van der Waals surface area contributed by atoms with E-state index < -0.39 is 11.9 Å². The van der Waals surface area contributed by atoms with Crippen LogP contribution in [0, 0.1) is 0 Å². The Hall–Kier alpha value is -1.53. The molecule has 1 aromatic heterocycles. The molecular weight excluding hydrogens is 233 g/mol. The monoisotopic (exact) mass is 248 g/mol. The quantitative estimate of drug-likeness (QED) is 0.860. The molecule has 0 aromatic carbocycles. The van der Waals surface area contributed by atoms with Crippen molar-refractivity contribution in [3.05, 3.63) is 11.8 Å². The maximum absolute atomic E-state index is 12.6. The van der Waals surface area contributed by atoms with Gasteiger partial charge in [-0.2, -0.15) is 18.2 Å². The number of hydrogen-bond donors (Lipinski definition) is 2. The summed E-state index contributed by atoms with van der Waals surface area (Å²) in [6.45, 7) is 5.87. The second kappa shape index (κ2) is 5.20. The molecule has 1 aromatic rings. The Morgan fingerprint density at radius 1 is 1.29 bits per heavy atom. The van der Waals surface area contributed by atoms with Crippen LogP contribution in [0.5, 0.6) is 0 Å². The fourth-order valence-corrected chi connectivity index (χ4v) is 1.20. The summed E-state index contributed by atoms with van der Waals surface area (Å²) in [6, 6.07) is 0.904. The zero-order valence-electron chi connectivity index (χ0n) is 9.89. The van der Waals surface area contributed by atoms with E-state index in [-0.39, 0.29) is 17.8 Å². The first kappa shape index (κ1) is 13.5. The Balaban J connectivity index is 3.09. The first-order valence-electron chi connectivity index (χ1n) is 5.29. The van der Waals surface area contributed by atoms with Gasteiger partial charge in [0, 0.05) is 18.7 Å². The Bertz CT molecular complexity index is 376. The van der Waals surface area contributed by atoms with Gasteiger partial charge in [0.1, 0.15) is 5.82 Å². The third kappa shape index (κ3) is 4.08. The molecule has 17 heavy (non-hydrogen) atoms. The third-order valence-corrected chi connectivity index (χ3v) is 1.79. The van der Waals surface area contributed by atoms with E-state index in [4.69, 9.17) is 0 Å². The van der Waals surface area contributed by atoms with Gasteiger partial charge in [-0.3, -0.25) is 0 Å². The van der Waals surface area contributed by atoms with Crippen LogP contribution in [0.3, 0.4) is 0 Å². The maximum Gasteiger partial charge on any atom is 0.433 e. The van der Waals surface area contributed by atoms with Crippen LogP contribution < -0.4 is 10.6 Å². The highest BCUT2D eigenvalue weighted by Crippen LogP contribution is 2.29. The number of halogens is 3. The molecule has 0 aliphatic rings. The molecule has 0 saturated heterocycles. The van der Waals surface area contributed by atoms with Gasteiger partial charge >= 0.3 is 6.18 Å². The van der Waals surface area contributed by atoms with E-state index >= 15 is 0 Å². The van der Waals surface area contributed by atoms with Crippen LogP contribution in [0.15, 0.2) is 6.07 Å². The average molecular weight is 248 g/mol. The summed E-state index contributed by atoms with van der Waals surface area (Å²) in [5.74, 6) is 0.142. The SMILES string of the molecule is CCNc1nc(NC(C)C)cc(C(F)(F)F)n1. The lowest BCUT2D eigenvalue weighted by atomic mass is 10.3. The van der Waals surface area contributed by atoms with Crippen LogP contribution in [0.2, 0.25) is 0 Å². The Morgan fingerprint density at radius 2 is 1.94 bits per heavy atom.